The van der Waals surface area contributed by atoms with Crippen LogP contribution in [-0.2, 0) is 44.9 Å². The van der Waals surface area contributed by atoms with Gasteiger partial charge >= 0.3 is 5.97 Å². The van der Waals surface area contributed by atoms with Gasteiger partial charge in [0.2, 0.25) is 0 Å². The number of carbonyl (C=O) groups is 1. The van der Waals surface area contributed by atoms with Crippen LogP contribution in [0.4, 0.5) is 0 Å². The number of sulfone groups is 1. The number of hydrogen-bond acceptors (Lipinski definition) is 8. The predicted octanol–water partition coefficient (Wildman–Crippen LogP) is 3.41. The van der Waals surface area contributed by atoms with Crippen LogP contribution >= 0.6 is 0 Å². The number of rotatable bonds is 9. The highest BCUT2D eigenvalue weighted by Gasteiger charge is 2.57. The van der Waals surface area contributed by atoms with Crippen LogP contribution < -0.4 is 0 Å². The summed E-state index contributed by atoms with van der Waals surface area (Å²) in [6.07, 6.45) is -2.87. The SMILES string of the molecule is COC(=O)C[C@H](CS(=O)(=O)c1ccc(C)cc1)[C@H]1O[C@@H]2OC(C)(C)O[C@@H]2[C@H]1OCc1ccccc1. The highest BCUT2D eigenvalue weighted by Crippen LogP contribution is 2.42. The van der Waals surface area contributed by atoms with Crippen LogP contribution in [-0.4, -0.2) is 57.6 Å². The van der Waals surface area contributed by atoms with Gasteiger partial charge in [-0.25, -0.2) is 8.42 Å². The molecule has 0 saturated carbocycles. The second-order valence-corrected chi connectivity index (χ2v) is 11.5. The first-order valence-electron chi connectivity index (χ1n) is 11.6. The molecular formula is C26H32O8S. The molecule has 2 aliphatic heterocycles. The molecule has 2 saturated heterocycles. The number of hydrogen-bond donors (Lipinski definition) is 0. The number of ether oxygens (including phenoxy) is 5. The Bertz CT molecular complexity index is 1110. The summed E-state index contributed by atoms with van der Waals surface area (Å²) in [7, 11) is -2.46. The minimum Gasteiger partial charge on any atom is -0.469 e. The molecule has 0 bridgehead atoms. The third-order valence-corrected chi connectivity index (χ3v) is 8.10. The van der Waals surface area contributed by atoms with E-state index in [0.717, 1.165) is 11.1 Å². The fourth-order valence-corrected chi connectivity index (χ4v) is 6.15. The standard InChI is InChI=1S/C26H32O8S/c1-17-10-12-20(13-11-17)35(28,29)16-19(14-21(27)30-4)22-23(31-15-18-8-6-5-7-9-18)24-25(32-22)34-26(2,3)33-24/h5-13,19,22-25H,14-16H2,1-4H3/t19-,22-,23+,24-,25-/m1/s1. The highest BCUT2D eigenvalue weighted by atomic mass is 32.2. The van der Waals surface area contributed by atoms with E-state index in [-0.39, 0.29) is 23.7 Å². The summed E-state index contributed by atoms with van der Waals surface area (Å²) >= 11 is 0. The smallest absolute Gasteiger partial charge is 0.305 e. The Morgan fingerprint density at radius 1 is 1.06 bits per heavy atom. The van der Waals surface area contributed by atoms with Crippen molar-refractivity contribution in [2.75, 3.05) is 12.9 Å². The van der Waals surface area contributed by atoms with Crippen molar-refractivity contribution in [2.45, 2.75) is 69.1 Å². The summed E-state index contributed by atoms with van der Waals surface area (Å²) in [5, 5.41) is 0. The molecule has 0 aromatic heterocycles. The van der Waals surface area contributed by atoms with E-state index in [4.69, 9.17) is 23.7 Å². The van der Waals surface area contributed by atoms with Gasteiger partial charge in [-0.1, -0.05) is 48.0 Å². The van der Waals surface area contributed by atoms with E-state index in [1.54, 1.807) is 38.1 Å². The molecule has 4 rings (SSSR count). The molecule has 9 heteroatoms. The summed E-state index contributed by atoms with van der Waals surface area (Å²) in [6.45, 7) is 5.73. The molecule has 8 nitrogen and oxygen atoms in total. The number of methoxy groups -OCH3 is 1. The monoisotopic (exact) mass is 504 g/mol. The van der Waals surface area contributed by atoms with E-state index < -0.39 is 52.1 Å². The molecule has 2 aliphatic rings. The van der Waals surface area contributed by atoms with Crippen LogP contribution in [0, 0.1) is 12.8 Å². The molecule has 0 N–H and O–H groups in total. The predicted molar refractivity (Wildman–Crippen MR) is 127 cm³/mol. The maximum Gasteiger partial charge on any atom is 0.305 e. The Morgan fingerprint density at radius 2 is 1.74 bits per heavy atom. The van der Waals surface area contributed by atoms with Gasteiger partial charge in [-0.05, 0) is 38.5 Å². The topological polar surface area (TPSA) is 97.4 Å². The summed E-state index contributed by atoms with van der Waals surface area (Å²) in [5.74, 6) is -2.46. The van der Waals surface area contributed by atoms with Crippen molar-refractivity contribution in [1.29, 1.82) is 0 Å². The molecule has 2 aromatic carbocycles. The van der Waals surface area contributed by atoms with Crippen LogP contribution in [0.2, 0.25) is 0 Å². The second-order valence-electron chi connectivity index (χ2n) is 9.47. The minimum absolute atomic E-state index is 0.152. The lowest BCUT2D eigenvalue weighted by molar-refractivity contribution is -0.225. The van der Waals surface area contributed by atoms with E-state index in [1.165, 1.54) is 7.11 Å². The van der Waals surface area contributed by atoms with Gasteiger partial charge in [-0.2, -0.15) is 0 Å². The average Bonchev–Trinajstić information content (AvgIpc) is 3.29. The van der Waals surface area contributed by atoms with Gasteiger partial charge < -0.3 is 23.7 Å². The summed E-state index contributed by atoms with van der Waals surface area (Å²) in [6, 6.07) is 16.2. The number of aryl methyl sites for hydroxylation is 1. The van der Waals surface area contributed by atoms with Crippen molar-refractivity contribution < 1.29 is 36.9 Å². The number of benzene rings is 2. The van der Waals surface area contributed by atoms with Gasteiger partial charge in [0.05, 0.1) is 36.9 Å². The van der Waals surface area contributed by atoms with E-state index >= 15 is 0 Å². The molecule has 0 radical (unpaired) electrons. The molecule has 0 spiro atoms. The first-order chi connectivity index (χ1) is 16.6. The van der Waals surface area contributed by atoms with Gasteiger partial charge in [0.15, 0.2) is 21.9 Å². The van der Waals surface area contributed by atoms with Crippen molar-refractivity contribution in [3.63, 3.8) is 0 Å². The van der Waals surface area contributed by atoms with E-state index in [2.05, 4.69) is 0 Å². The van der Waals surface area contributed by atoms with Gasteiger partial charge in [-0.15, -0.1) is 0 Å². The van der Waals surface area contributed by atoms with E-state index in [1.807, 2.05) is 37.3 Å². The molecule has 2 fully saturated rings. The third kappa shape index (κ3) is 6.10. The Labute approximate surface area is 206 Å². The van der Waals surface area contributed by atoms with Crippen molar-refractivity contribution in [2.24, 2.45) is 5.92 Å². The van der Waals surface area contributed by atoms with Crippen molar-refractivity contribution in [3.05, 3.63) is 65.7 Å². The van der Waals surface area contributed by atoms with Gasteiger partial charge in [0, 0.05) is 5.92 Å². The van der Waals surface area contributed by atoms with Crippen molar-refractivity contribution in [3.8, 4) is 0 Å². The lowest BCUT2D eigenvalue weighted by Gasteiger charge is -2.30. The lowest BCUT2D eigenvalue weighted by atomic mass is 9.95. The fourth-order valence-electron chi connectivity index (χ4n) is 4.53. The van der Waals surface area contributed by atoms with Crippen LogP contribution in [0.15, 0.2) is 59.5 Å². The van der Waals surface area contributed by atoms with E-state index in [9.17, 15) is 13.2 Å². The summed E-state index contributed by atoms with van der Waals surface area (Å²) in [5.41, 5.74) is 1.90. The van der Waals surface area contributed by atoms with Crippen LogP contribution in [0.3, 0.4) is 0 Å². The van der Waals surface area contributed by atoms with Crippen molar-refractivity contribution in [1.82, 2.24) is 0 Å². The zero-order valence-corrected chi connectivity index (χ0v) is 21.2. The number of esters is 1. The average molecular weight is 505 g/mol. The largest absolute Gasteiger partial charge is 0.469 e. The molecule has 0 amide bonds. The fraction of sp³-hybridized carbons (Fsp3) is 0.500. The Hall–Kier alpha value is -2.30. The van der Waals surface area contributed by atoms with Gasteiger partial charge in [-0.3, -0.25) is 4.79 Å². The van der Waals surface area contributed by atoms with Crippen molar-refractivity contribution >= 4 is 15.8 Å². The Morgan fingerprint density at radius 3 is 2.40 bits per heavy atom. The molecule has 35 heavy (non-hydrogen) atoms. The maximum atomic E-state index is 13.3. The molecule has 0 unspecified atom stereocenters. The number of fused-ring (bicyclic) bond motifs is 1. The lowest BCUT2D eigenvalue weighted by Crippen LogP contribution is -2.43. The zero-order chi connectivity index (χ0) is 25.2. The van der Waals surface area contributed by atoms with Gasteiger partial charge in [0.1, 0.15) is 12.2 Å². The molecule has 5 atom stereocenters. The highest BCUT2D eigenvalue weighted by molar-refractivity contribution is 7.91. The zero-order valence-electron chi connectivity index (χ0n) is 20.4. The molecule has 190 valence electrons. The maximum absolute atomic E-state index is 13.3. The van der Waals surface area contributed by atoms with Crippen LogP contribution in [0.1, 0.15) is 31.4 Å². The minimum atomic E-state index is -3.73. The normalized spacial score (nSPS) is 26.3. The van der Waals surface area contributed by atoms with Crippen LogP contribution in [0.5, 0.6) is 0 Å². The third-order valence-electron chi connectivity index (χ3n) is 6.25. The molecular weight excluding hydrogens is 472 g/mol. The quantitative estimate of drug-likeness (QED) is 0.480. The summed E-state index contributed by atoms with van der Waals surface area (Å²) < 4.78 is 55.9. The van der Waals surface area contributed by atoms with Gasteiger partial charge in [0.25, 0.3) is 0 Å². The number of carbonyl (C=O) groups excluding carboxylic acids is 1. The first-order valence-corrected chi connectivity index (χ1v) is 13.3. The Balaban J connectivity index is 1.61. The first kappa shape index (κ1) is 25.8. The van der Waals surface area contributed by atoms with E-state index in [0.29, 0.717) is 0 Å². The molecule has 0 aliphatic carbocycles. The second kappa shape index (κ2) is 10.4. The van der Waals surface area contributed by atoms with Crippen LogP contribution in [0.25, 0.3) is 0 Å². The Kier molecular flexibility index (Phi) is 7.63. The molecule has 2 heterocycles. The molecule has 2 aromatic rings. The summed E-state index contributed by atoms with van der Waals surface area (Å²) in [4.78, 5) is 12.5.